The number of aryl methyl sites for hydroxylation is 2. The first-order valence-corrected chi connectivity index (χ1v) is 5.80. The van der Waals surface area contributed by atoms with E-state index < -0.39 is 0 Å². The third kappa shape index (κ3) is 2.43. The van der Waals surface area contributed by atoms with Gasteiger partial charge in [0.05, 0.1) is 0 Å². The van der Waals surface area contributed by atoms with Crippen molar-refractivity contribution in [3.8, 4) is 0 Å². The van der Waals surface area contributed by atoms with E-state index in [0.717, 1.165) is 5.56 Å². The van der Waals surface area contributed by atoms with E-state index in [4.69, 9.17) is 0 Å². The van der Waals surface area contributed by atoms with Crippen LogP contribution in [0.15, 0.2) is 0 Å². The highest BCUT2D eigenvalue weighted by atomic mass is 16.1. The minimum absolute atomic E-state index is 0.0267. The number of hydrogen-bond donors (Lipinski definition) is 0. The molecule has 0 amide bonds. The summed E-state index contributed by atoms with van der Waals surface area (Å²) in [5.74, 6) is 0.0793. The van der Waals surface area contributed by atoms with Crippen LogP contribution in [0, 0.1) is 13.8 Å². The first-order valence-electron chi connectivity index (χ1n) is 5.80. The third-order valence-electron chi connectivity index (χ3n) is 2.88. The minimum Gasteiger partial charge on any atom is -0.294 e. The van der Waals surface area contributed by atoms with Crippen LogP contribution in [-0.4, -0.2) is 16.6 Å². The normalized spacial score (nSPS) is 10.8. The minimum atomic E-state index is -0.0267. The summed E-state index contributed by atoms with van der Waals surface area (Å²) in [4.78, 5) is 27.8. The van der Waals surface area contributed by atoms with Gasteiger partial charge in [-0.05, 0) is 39.2 Å². The molecule has 92 valence electrons. The third-order valence-corrected chi connectivity index (χ3v) is 2.88. The number of nitrogens with zero attached hydrogens (tertiary/aromatic N) is 1. The highest BCUT2D eigenvalue weighted by molar-refractivity contribution is 6.03. The van der Waals surface area contributed by atoms with Crippen molar-refractivity contribution in [1.29, 1.82) is 0 Å². The number of carbonyl (C=O) groups is 2. The first kappa shape index (κ1) is 13.6. The molecule has 3 nitrogen and oxygen atoms in total. The molecule has 1 aromatic rings. The maximum Gasteiger partial charge on any atom is 0.161 e. The Balaban J connectivity index is 3.78. The molecule has 0 aliphatic heterocycles. The molecule has 17 heavy (non-hydrogen) atoms. The molecule has 0 bridgehead atoms. The summed E-state index contributed by atoms with van der Waals surface area (Å²) >= 11 is 0. The van der Waals surface area contributed by atoms with Gasteiger partial charge in [-0.25, -0.2) is 0 Å². The van der Waals surface area contributed by atoms with Gasteiger partial charge in [-0.15, -0.1) is 0 Å². The topological polar surface area (TPSA) is 47.0 Å². The van der Waals surface area contributed by atoms with Gasteiger partial charge in [-0.3, -0.25) is 14.6 Å². The van der Waals surface area contributed by atoms with Crippen LogP contribution in [-0.2, 0) is 0 Å². The predicted octanol–water partition coefficient (Wildman–Crippen LogP) is 3.23. The van der Waals surface area contributed by atoms with E-state index in [1.807, 2.05) is 27.7 Å². The van der Waals surface area contributed by atoms with E-state index in [9.17, 15) is 9.59 Å². The fourth-order valence-corrected chi connectivity index (χ4v) is 2.34. The van der Waals surface area contributed by atoms with Crippen molar-refractivity contribution in [2.75, 3.05) is 0 Å². The largest absolute Gasteiger partial charge is 0.294 e. The second-order valence-electron chi connectivity index (χ2n) is 4.71. The van der Waals surface area contributed by atoms with Crippen molar-refractivity contribution < 1.29 is 9.59 Å². The van der Waals surface area contributed by atoms with Crippen molar-refractivity contribution in [1.82, 2.24) is 4.98 Å². The van der Waals surface area contributed by atoms with Crippen LogP contribution in [0.5, 0.6) is 0 Å². The maximum absolute atomic E-state index is 11.7. The Morgan fingerprint density at radius 1 is 0.941 bits per heavy atom. The van der Waals surface area contributed by atoms with Gasteiger partial charge in [0.15, 0.2) is 11.6 Å². The number of ketones is 2. The Morgan fingerprint density at radius 3 is 1.53 bits per heavy atom. The van der Waals surface area contributed by atoms with Crippen molar-refractivity contribution in [2.24, 2.45) is 0 Å². The highest BCUT2D eigenvalue weighted by Gasteiger charge is 2.22. The lowest BCUT2D eigenvalue weighted by Crippen LogP contribution is -2.15. The average molecular weight is 233 g/mol. The number of Topliss-reactive ketones (excluding diaryl/α,β-unsaturated/α-hetero) is 2. The van der Waals surface area contributed by atoms with E-state index in [1.54, 1.807) is 0 Å². The molecule has 3 heteroatoms. The summed E-state index contributed by atoms with van der Waals surface area (Å²) in [7, 11) is 0. The van der Waals surface area contributed by atoms with Crippen LogP contribution in [0.3, 0.4) is 0 Å². The van der Waals surface area contributed by atoms with Crippen LogP contribution in [0.4, 0.5) is 0 Å². The second-order valence-corrected chi connectivity index (χ2v) is 4.71. The van der Waals surface area contributed by atoms with Gasteiger partial charge >= 0.3 is 0 Å². The molecule has 0 N–H and O–H groups in total. The van der Waals surface area contributed by atoms with Crippen molar-refractivity contribution in [2.45, 2.75) is 47.5 Å². The SMILES string of the molecule is CC(=O)c1c(C)nc(C)c(C(C)=O)c1C(C)C. The molecule has 0 fully saturated rings. The van der Waals surface area contributed by atoms with E-state index in [-0.39, 0.29) is 17.5 Å². The molecule has 0 spiro atoms. The van der Waals surface area contributed by atoms with Crippen LogP contribution >= 0.6 is 0 Å². The zero-order chi connectivity index (χ0) is 13.3. The lowest BCUT2D eigenvalue weighted by Gasteiger charge is -2.18. The van der Waals surface area contributed by atoms with Crippen LogP contribution < -0.4 is 0 Å². The fourth-order valence-electron chi connectivity index (χ4n) is 2.34. The van der Waals surface area contributed by atoms with Gasteiger partial charge < -0.3 is 0 Å². The molecule has 0 aliphatic carbocycles. The van der Waals surface area contributed by atoms with Crippen molar-refractivity contribution in [3.05, 3.63) is 28.1 Å². The molecule has 0 unspecified atom stereocenters. The van der Waals surface area contributed by atoms with Gasteiger partial charge in [0.2, 0.25) is 0 Å². The molecule has 1 rings (SSSR count). The van der Waals surface area contributed by atoms with Crippen molar-refractivity contribution in [3.63, 3.8) is 0 Å². The monoisotopic (exact) mass is 233 g/mol. The second kappa shape index (κ2) is 4.78. The number of hydrogen-bond acceptors (Lipinski definition) is 3. The summed E-state index contributed by atoms with van der Waals surface area (Å²) in [6, 6.07) is 0. The molecule has 1 aromatic heterocycles. The molecule has 0 saturated heterocycles. The van der Waals surface area contributed by atoms with Crippen LogP contribution in [0.1, 0.15) is 71.3 Å². The zero-order valence-corrected chi connectivity index (χ0v) is 11.3. The van der Waals surface area contributed by atoms with Crippen LogP contribution in [0.2, 0.25) is 0 Å². The summed E-state index contributed by atoms with van der Waals surface area (Å²) in [5.41, 5.74) is 3.48. The summed E-state index contributed by atoms with van der Waals surface area (Å²) in [6.45, 7) is 10.7. The van der Waals surface area contributed by atoms with E-state index in [2.05, 4.69) is 4.98 Å². The fraction of sp³-hybridized carbons (Fsp3) is 0.500. The lowest BCUT2D eigenvalue weighted by atomic mass is 9.87. The molecule has 0 aliphatic rings. The van der Waals surface area contributed by atoms with E-state index in [1.165, 1.54) is 13.8 Å². The Labute approximate surface area is 102 Å². The van der Waals surface area contributed by atoms with Gasteiger partial charge in [0, 0.05) is 22.5 Å². The van der Waals surface area contributed by atoms with Gasteiger partial charge in [-0.2, -0.15) is 0 Å². The van der Waals surface area contributed by atoms with Crippen molar-refractivity contribution >= 4 is 11.6 Å². The standard InChI is InChI=1S/C14H19NO2/c1-7(2)12-13(10(5)16)8(3)15-9(4)14(12)11(6)17/h7H,1-6H3. The molecule has 0 saturated carbocycles. The lowest BCUT2D eigenvalue weighted by molar-refractivity contribution is 0.101. The number of aromatic nitrogens is 1. The zero-order valence-electron chi connectivity index (χ0n) is 11.3. The summed E-state index contributed by atoms with van der Waals surface area (Å²) < 4.78 is 0. The number of carbonyl (C=O) groups excluding carboxylic acids is 2. The smallest absolute Gasteiger partial charge is 0.161 e. The highest BCUT2D eigenvalue weighted by Crippen LogP contribution is 2.28. The van der Waals surface area contributed by atoms with Gasteiger partial charge in [0.1, 0.15) is 0 Å². The molecule has 1 heterocycles. The first-order chi connectivity index (χ1) is 7.77. The maximum atomic E-state index is 11.7. The average Bonchev–Trinajstić information content (AvgIpc) is 2.14. The predicted molar refractivity (Wildman–Crippen MR) is 67.8 cm³/mol. The number of rotatable bonds is 3. The number of pyridine rings is 1. The quantitative estimate of drug-likeness (QED) is 0.753. The van der Waals surface area contributed by atoms with Gasteiger partial charge in [0.25, 0.3) is 0 Å². The molecular weight excluding hydrogens is 214 g/mol. The Morgan fingerprint density at radius 2 is 1.29 bits per heavy atom. The summed E-state index contributed by atoms with van der Waals surface area (Å²) in [6.07, 6.45) is 0. The van der Waals surface area contributed by atoms with Gasteiger partial charge in [-0.1, -0.05) is 13.8 Å². The molecular formula is C14H19NO2. The van der Waals surface area contributed by atoms with Crippen LogP contribution in [0.25, 0.3) is 0 Å². The van der Waals surface area contributed by atoms with E-state index in [0.29, 0.717) is 22.5 Å². The molecule has 0 atom stereocenters. The molecule has 0 radical (unpaired) electrons. The molecule has 0 aromatic carbocycles. The Kier molecular flexibility index (Phi) is 3.81. The Bertz CT molecular complexity index is 449. The van der Waals surface area contributed by atoms with E-state index >= 15 is 0 Å². The Hall–Kier alpha value is -1.51. The summed E-state index contributed by atoms with van der Waals surface area (Å²) in [5, 5.41) is 0.